The summed E-state index contributed by atoms with van der Waals surface area (Å²) in [5.41, 5.74) is 3.40. The molecule has 4 nitrogen and oxygen atoms in total. The van der Waals surface area contributed by atoms with Gasteiger partial charge in [0.2, 0.25) is 6.23 Å². The van der Waals surface area contributed by atoms with Gasteiger partial charge in [-0.05, 0) is 41.8 Å². The van der Waals surface area contributed by atoms with Crippen LogP contribution in [0.2, 0.25) is 0 Å². The minimum absolute atomic E-state index is 0.198. The Hall–Kier alpha value is -2.79. The highest BCUT2D eigenvalue weighted by Gasteiger charge is 2.40. The molecule has 0 unspecified atom stereocenters. The number of methoxy groups -OCH3 is 1. The Kier molecular flexibility index (Phi) is 3.68. The molecule has 0 aliphatic carbocycles. The second kappa shape index (κ2) is 6.18. The topological polar surface area (TPSA) is 34.1 Å². The molecule has 5 rings (SSSR count). The molecule has 2 aliphatic rings. The molecule has 26 heavy (non-hydrogen) atoms. The third kappa shape index (κ3) is 2.47. The van der Waals surface area contributed by atoms with E-state index in [1.807, 2.05) is 36.4 Å². The summed E-state index contributed by atoms with van der Waals surface area (Å²) in [5.74, 6) is 1.78. The molecule has 0 N–H and O–H groups in total. The van der Waals surface area contributed by atoms with Crippen LogP contribution in [0.1, 0.15) is 34.7 Å². The molecule has 0 saturated carbocycles. The predicted molar refractivity (Wildman–Crippen MR) is 103 cm³/mol. The molecular weight excluding hydrogens is 344 g/mol. The molecule has 5 heteroatoms. The summed E-state index contributed by atoms with van der Waals surface area (Å²) in [7, 11) is 1.68. The van der Waals surface area contributed by atoms with Crippen LogP contribution in [-0.4, -0.2) is 17.8 Å². The first-order valence-electron chi connectivity index (χ1n) is 8.63. The molecule has 1 aromatic heterocycles. The molecule has 0 radical (unpaired) electrons. The van der Waals surface area contributed by atoms with Crippen molar-refractivity contribution >= 4 is 17.0 Å². The normalized spacial score (nSPS) is 20.8. The Balaban J connectivity index is 1.58. The molecule has 0 amide bonds. The summed E-state index contributed by atoms with van der Waals surface area (Å²) in [6, 6.07) is 20.7. The number of thiophene rings is 1. The van der Waals surface area contributed by atoms with Gasteiger partial charge in [-0.1, -0.05) is 24.3 Å². The van der Waals surface area contributed by atoms with Crippen LogP contribution in [0.15, 0.2) is 71.1 Å². The maximum absolute atomic E-state index is 6.35. The second-order valence-corrected chi connectivity index (χ2v) is 7.35. The summed E-state index contributed by atoms with van der Waals surface area (Å²) in [4.78, 5) is 1.23. The highest BCUT2D eigenvalue weighted by atomic mass is 32.1. The standard InChI is InChI=1S/C21H18N2O2S/c1-24-15-10-8-14(9-11-15)21-23-18(16-5-2-3-6-19(16)25-21)13-17(22-23)20-7-4-12-26-20/h2-12,18,21H,13H2,1H3/t18-,21+/m1/s1. The van der Waals surface area contributed by atoms with Crippen LogP contribution in [0.3, 0.4) is 0 Å². The Morgan fingerprint density at radius 1 is 1.08 bits per heavy atom. The Bertz CT molecular complexity index is 950. The summed E-state index contributed by atoms with van der Waals surface area (Å²) >= 11 is 1.73. The molecule has 3 aromatic rings. The zero-order valence-electron chi connectivity index (χ0n) is 14.3. The van der Waals surface area contributed by atoms with Crippen molar-refractivity contribution in [2.45, 2.75) is 18.7 Å². The average molecular weight is 362 g/mol. The van der Waals surface area contributed by atoms with E-state index in [1.165, 1.54) is 10.4 Å². The lowest BCUT2D eigenvalue weighted by molar-refractivity contribution is -0.0190. The first kappa shape index (κ1) is 15.5. The molecular formula is C21H18N2O2S. The fourth-order valence-electron chi connectivity index (χ4n) is 3.61. The van der Waals surface area contributed by atoms with Crippen molar-refractivity contribution in [2.24, 2.45) is 5.10 Å². The smallest absolute Gasteiger partial charge is 0.213 e. The van der Waals surface area contributed by atoms with Gasteiger partial charge in [-0.15, -0.1) is 11.3 Å². The van der Waals surface area contributed by atoms with E-state index in [9.17, 15) is 0 Å². The predicted octanol–water partition coefficient (Wildman–Crippen LogP) is 5.00. The van der Waals surface area contributed by atoms with E-state index < -0.39 is 0 Å². The van der Waals surface area contributed by atoms with Crippen molar-refractivity contribution in [2.75, 3.05) is 7.11 Å². The van der Waals surface area contributed by atoms with E-state index in [1.54, 1.807) is 18.4 Å². The van der Waals surface area contributed by atoms with E-state index in [-0.39, 0.29) is 12.3 Å². The number of para-hydroxylation sites is 1. The van der Waals surface area contributed by atoms with E-state index in [2.05, 4.69) is 34.7 Å². The van der Waals surface area contributed by atoms with Gasteiger partial charge in [0.1, 0.15) is 11.5 Å². The zero-order valence-corrected chi connectivity index (χ0v) is 15.1. The maximum Gasteiger partial charge on any atom is 0.213 e. The first-order chi connectivity index (χ1) is 12.8. The zero-order chi connectivity index (χ0) is 17.5. The van der Waals surface area contributed by atoms with E-state index in [4.69, 9.17) is 14.6 Å². The van der Waals surface area contributed by atoms with Crippen molar-refractivity contribution in [1.82, 2.24) is 5.01 Å². The molecule has 0 spiro atoms. The molecule has 130 valence electrons. The number of hydrogen-bond acceptors (Lipinski definition) is 5. The van der Waals surface area contributed by atoms with Crippen LogP contribution in [0.25, 0.3) is 0 Å². The third-order valence-corrected chi connectivity index (χ3v) is 5.82. The highest BCUT2D eigenvalue weighted by molar-refractivity contribution is 7.12. The van der Waals surface area contributed by atoms with Gasteiger partial charge in [-0.3, -0.25) is 0 Å². The SMILES string of the molecule is COc1ccc([C@@H]2Oc3ccccc3[C@H]3CC(c4cccs4)=NN32)cc1. The van der Waals surface area contributed by atoms with E-state index >= 15 is 0 Å². The van der Waals surface area contributed by atoms with Crippen LogP contribution in [0.4, 0.5) is 0 Å². The number of rotatable bonds is 3. The molecule has 0 bridgehead atoms. The number of hydrazone groups is 1. The lowest BCUT2D eigenvalue weighted by atomic mass is 9.98. The Morgan fingerprint density at radius 2 is 1.92 bits per heavy atom. The number of nitrogens with zero attached hydrogens (tertiary/aromatic N) is 2. The second-order valence-electron chi connectivity index (χ2n) is 6.41. The van der Waals surface area contributed by atoms with Crippen molar-refractivity contribution in [3.05, 3.63) is 82.0 Å². The Labute approximate surface area is 156 Å². The van der Waals surface area contributed by atoms with Gasteiger partial charge in [0.25, 0.3) is 0 Å². The number of ether oxygens (including phenoxy) is 2. The first-order valence-corrected chi connectivity index (χ1v) is 9.50. The summed E-state index contributed by atoms with van der Waals surface area (Å²) in [6.45, 7) is 0. The fourth-order valence-corrected chi connectivity index (χ4v) is 4.34. The maximum atomic E-state index is 6.35. The number of benzene rings is 2. The van der Waals surface area contributed by atoms with Crippen LogP contribution in [0, 0.1) is 0 Å². The van der Waals surface area contributed by atoms with Gasteiger partial charge in [-0.25, -0.2) is 5.01 Å². The van der Waals surface area contributed by atoms with Crippen molar-refractivity contribution < 1.29 is 9.47 Å². The molecule has 0 fully saturated rings. The molecule has 2 aromatic carbocycles. The van der Waals surface area contributed by atoms with Gasteiger partial charge in [0.15, 0.2) is 0 Å². The fraction of sp³-hybridized carbons (Fsp3) is 0.190. The van der Waals surface area contributed by atoms with E-state index in [0.717, 1.165) is 29.2 Å². The summed E-state index contributed by atoms with van der Waals surface area (Å²) in [6.07, 6.45) is 0.659. The number of fused-ring (bicyclic) bond motifs is 3. The van der Waals surface area contributed by atoms with Crippen LogP contribution < -0.4 is 9.47 Å². The van der Waals surface area contributed by atoms with Gasteiger partial charge in [0, 0.05) is 17.5 Å². The minimum atomic E-state index is -0.238. The van der Waals surface area contributed by atoms with Gasteiger partial charge >= 0.3 is 0 Å². The molecule has 0 saturated heterocycles. The summed E-state index contributed by atoms with van der Waals surface area (Å²) in [5, 5.41) is 9.16. The van der Waals surface area contributed by atoms with Gasteiger partial charge in [0.05, 0.1) is 23.7 Å². The monoisotopic (exact) mass is 362 g/mol. The largest absolute Gasteiger partial charge is 0.497 e. The van der Waals surface area contributed by atoms with Crippen LogP contribution >= 0.6 is 11.3 Å². The highest BCUT2D eigenvalue weighted by Crippen LogP contribution is 2.47. The van der Waals surface area contributed by atoms with Crippen molar-refractivity contribution in [3.63, 3.8) is 0 Å². The van der Waals surface area contributed by atoms with Gasteiger partial charge in [-0.2, -0.15) is 5.10 Å². The summed E-state index contributed by atoms with van der Waals surface area (Å²) < 4.78 is 11.6. The molecule has 2 atom stereocenters. The van der Waals surface area contributed by atoms with Crippen molar-refractivity contribution in [1.29, 1.82) is 0 Å². The quantitative estimate of drug-likeness (QED) is 0.658. The lowest BCUT2D eigenvalue weighted by Crippen LogP contribution is -2.33. The third-order valence-electron chi connectivity index (χ3n) is 4.91. The van der Waals surface area contributed by atoms with E-state index in [0.29, 0.717) is 0 Å². The average Bonchev–Trinajstić information content (AvgIpc) is 3.37. The lowest BCUT2D eigenvalue weighted by Gasteiger charge is -2.38. The van der Waals surface area contributed by atoms with Crippen LogP contribution in [-0.2, 0) is 0 Å². The van der Waals surface area contributed by atoms with Crippen molar-refractivity contribution in [3.8, 4) is 11.5 Å². The Morgan fingerprint density at radius 3 is 2.69 bits per heavy atom. The number of hydrogen-bond donors (Lipinski definition) is 0. The van der Waals surface area contributed by atoms with Crippen LogP contribution in [0.5, 0.6) is 11.5 Å². The molecule has 3 heterocycles. The van der Waals surface area contributed by atoms with Gasteiger partial charge < -0.3 is 9.47 Å². The molecule has 2 aliphatic heterocycles. The minimum Gasteiger partial charge on any atom is -0.497 e.